The fourth-order valence-corrected chi connectivity index (χ4v) is 4.05. The number of urea groups is 1. The van der Waals surface area contributed by atoms with Crippen LogP contribution in [0.5, 0.6) is 0 Å². The van der Waals surface area contributed by atoms with Gasteiger partial charge < -0.3 is 25.6 Å². The van der Waals surface area contributed by atoms with Gasteiger partial charge in [-0.25, -0.2) is 14.6 Å². The summed E-state index contributed by atoms with van der Waals surface area (Å²) in [5.74, 6) is -0.0969. The molecule has 0 bridgehead atoms. The topological polar surface area (TPSA) is 126 Å². The summed E-state index contributed by atoms with van der Waals surface area (Å²) in [6, 6.07) is -1.06. The van der Waals surface area contributed by atoms with Gasteiger partial charge in [0.1, 0.15) is 12.6 Å². The number of rotatable bonds is 11. The van der Waals surface area contributed by atoms with E-state index in [4.69, 9.17) is 4.74 Å². The van der Waals surface area contributed by atoms with Crippen molar-refractivity contribution in [3.05, 3.63) is 32.7 Å². The number of thiazole rings is 2. The summed E-state index contributed by atoms with van der Waals surface area (Å²) in [7, 11) is 1.67. The number of amides is 4. The minimum atomic E-state index is -0.708. The lowest BCUT2D eigenvalue weighted by Crippen LogP contribution is -2.53. The second-order valence-electron chi connectivity index (χ2n) is 8.12. The van der Waals surface area contributed by atoms with Crippen LogP contribution < -0.4 is 16.0 Å². The molecule has 0 aliphatic rings. The molecule has 196 valence electrons. The average Bonchev–Trinajstić information content (AvgIpc) is 3.52. The fourth-order valence-electron chi connectivity index (χ4n) is 2.71. The molecule has 0 aromatic carbocycles. The lowest BCUT2D eigenvalue weighted by atomic mass is 10.0. The highest BCUT2D eigenvalue weighted by atomic mass is 32.1. The Hall–Kier alpha value is -2.73. The summed E-state index contributed by atoms with van der Waals surface area (Å²) in [5.41, 5.74) is 2.48. The zero-order chi connectivity index (χ0) is 26.4. The summed E-state index contributed by atoms with van der Waals surface area (Å²) in [6.07, 6.45) is 1.06. The first kappa shape index (κ1) is 30.3. The van der Waals surface area contributed by atoms with Crippen molar-refractivity contribution >= 4 is 40.7 Å². The Labute approximate surface area is 215 Å². The highest BCUT2D eigenvalue weighted by molar-refractivity contribution is 7.09. The monoisotopic (exact) mass is 526 g/mol. The van der Waals surface area contributed by atoms with Crippen molar-refractivity contribution in [1.29, 1.82) is 0 Å². The summed E-state index contributed by atoms with van der Waals surface area (Å²) < 4.78 is 5.06. The molecular formula is C23H38N6O4S2. The van der Waals surface area contributed by atoms with Gasteiger partial charge in [0.15, 0.2) is 0 Å². The van der Waals surface area contributed by atoms with Gasteiger partial charge in [0.05, 0.1) is 27.6 Å². The Morgan fingerprint density at radius 3 is 2.34 bits per heavy atom. The van der Waals surface area contributed by atoms with E-state index >= 15 is 0 Å². The van der Waals surface area contributed by atoms with Gasteiger partial charge in [0.2, 0.25) is 5.91 Å². The third-order valence-corrected chi connectivity index (χ3v) is 6.51. The molecule has 1 unspecified atom stereocenters. The second kappa shape index (κ2) is 16.0. The smallest absolute Gasteiger partial charge is 0.407 e. The van der Waals surface area contributed by atoms with E-state index in [2.05, 4.69) is 39.8 Å². The van der Waals surface area contributed by atoms with E-state index < -0.39 is 12.1 Å². The van der Waals surface area contributed by atoms with Gasteiger partial charge in [-0.05, 0) is 5.92 Å². The normalized spacial score (nSPS) is 11.3. The van der Waals surface area contributed by atoms with Crippen molar-refractivity contribution in [2.75, 3.05) is 20.1 Å². The molecule has 0 saturated heterocycles. The predicted molar refractivity (Wildman–Crippen MR) is 139 cm³/mol. The Bertz CT molecular complexity index is 902. The molecule has 1 atom stereocenters. The number of carbonyl (C=O) groups excluding carboxylic acids is 3. The molecule has 0 aliphatic heterocycles. The highest BCUT2D eigenvalue weighted by Crippen LogP contribution is 2.19. The Morgan fingerprint density at radius 1 is 1.09 bits per heavy atom. The molecule has 2 aromatic heterocycles. The first-order chi connectivity index (χ1) is 16.7. The van der Waals surface area contributed by atoms with Crippen LogP contribution in [0.25, 0.3) is 0 Å². The Balaban J connectivity index is 0.00000298. The number of carbonyl (C=O) groups is 3. The molecular weight excluding hydrogens is 488 g/mol. The molecule has 4 amide bonds. The van der Waals surface area contributed by atoms with Crippen LogP contribution in [0, 0.1) is 5.92 Å². The molecule has 0 aliphatic carbocycles. The van der Waals surface area contributed by atoms with Crippen molar-refractivity contribution in [2.45, 2.75) is 66.7 Å². The molecule has 3 N–H and O–H groups in total. The maximum absolute atomic E-state index is 12.6. The van der Waals surface area contributed by atoms with E-state index in [1.807, 2.05) is 33.1 Å². The molecule has 2 heterocycles. The Kier molecular flexibility index (Phi) is 13.9. The third kappa shape index (κ3) is 11.0. The number of ether oxygens (including phenoxy) is 1. The van der Waals surface area contributed by atoms with Crippen LogP contribution in [-0.2, 0) is 22.7 Å². The van der Waals surface area contributed by atoms with Crippen LogP contribution in [0.15, 0.2) is 17.1 Å². The zero-order valence-corrected chi connectivity index (χ0v) is 23.2. The average molecular weight is 527 g/mol. The van der Waals surface area contributed by atoms with Crippen LogP contribution in [0.2, 0.25) is 0 Å². The lowest BCUT2D eigenvalue weighted by molar-refractivity contribution is -0.123. The van der Waals surface area contributed by atoms with Gasteiger partial charge in [0, 0.05) is 37.6 Å². The zero-order valence-electron chi connectivity index (χ0n) is 21.6. The van der Waals surface area contributed by atoms with E-state index in [0.717, 1.165) is 15.6 Å². The molecule has 0 radical (unpaired) electrons. The number of aromatic nitrogens is 2. The van der Waals surface area contributed by atoms with E-state index in [1.165, 1.54) is 16.2 Å². The van der Waals surface area contributed by atoms with E-state index in [9.17, 15) is 14.4 Å². The van der Waals surface area contributed by atoms with Crippen LogP contribution in [0.1, 0.15) is 63.0 Å². The number of hydrogen-bond acceptors (Lipinski definition) is 8. The van der Waals surface area contributed by atoms with Crippen molar-refractivity contribution < 1.29 is 19.1 Å². The summed E-state index contributed by atoms with van der Waals surface area (Å²) in [6.45, 7) is 12.8. The number of alkyl carbamates (subject to hydrolysis) is 1. The largest absolute Gasteiger partial charge is 0.444 e. The SMILES string of the molecule is CC.CC(C)c1nc(CN(C)C(=O)NC(C(=O)NCCNC(=O)OCc2cncs2)C(C)C)cs1. The number of nitrogens with one attached hydrogen (secondary N) is 3. The van der Waals surface area contributed by atoms with Gasteiger partial charge in [-0.3, -0.25) is 9.78 Å². The van der Waals surface area contributed by atoms with Crippen LogP contribution >= 0.6 is 22.7 Å². The predicted octanol–water partition coefficient (Wildman–Crippen LogP) is 3.96. The van der Waals surface area contributed by atoms with Crippen molar-refractivity contribution in [2.24, 2.45) is 5.92 Å². The highest BCUT2D eigenvalue weighted by Gasteiger charge is 2.25. The second-order valence-corrected chi connectivity index (χ2v) is 9.98. The van der Waals surface area contributed by atoms with Gasteiger partial charge in [-0.1, -0.05) is 41.5 Å². The molecule has 2 rings (SSSR count). The standard InChI is InChI=1S/C21H32N6O4S2.C2H6/c1-13(2)17(26-20(29)27(5)9-15-11-32-19(25-15)14(3)4)18(28)23-6-7-24-21(30)31-10-16-8-22-12-33-16;1-2/h8,11-14,17H,6-7,9-10H2,1-5H3,(H,23,28)(H,24,30)(H,26,29);1-2H3. The molecule has 0 fully saturated rings. The molecule has 10 nitrogen and oxygen atoms in total. The minimum absolute atomic E-state index is 0.119. The molecule has 2 aromatic rings. The number of nitrogens with zero attached hydrogens (tertiary/aromatic N) is 3. The third-order valence-electron chi connectivity index (χ3n) is 4.56. The fraction of sp³-hybridized carbons (Fsp3) is 0.609. The molecule has 0 saturated carbocycles. The molecule has 12 heteroatoms. The van der Waals surface area contributed by atoms with E-state index in [-0.39, 0.29) is 37.6 Å². The summed E-state index contributed by atoms with van der Waals surface area (Å²) in [5, 5.41) is 11.1. The van der Waals surface area contributed by atoms with Crippen molar-refractivity contribution in [3.63, 3.8) is 0 Å². The summed E-state index contributed by atoms with van der Waals surface area (Å²) >= 11 is 2.97. The lowest BCUT2D eigenvalue weighted by Gasteiger charge is -2.25. The van der Waals surface area contributed by atoms with Crippen molar-refractivity contribution in [3.8, 4) is 0 Å². The van der Waals surface area contributed by atoms with Gasteiger partial charge >= 0.3 is 12.1 Å². The number of hydrogen-bond donors (Lipinski definition) is 3. The minimum Gasteiger partial charge on any atom is -0.444 e. The first-order valence-corrected chi connectivity index (χ1v) is 13.4. The van der Waals surface area contributed by atoms with Gasteiger partial charge in [-0.15, -0.1) is 22.7 Å². The van der Waals surface area contributed by atoms with Crippen LogP contribution in [0.4, 0.5) is 9.59 Å². The quantitative estimate of drug-likeness (QED) is 0.381. The molecule has 0 spiro atoms. The van der Waals surface area contributed by atoms with Crippen molar-refractivity contribution in [1.82, 2.24) is 30.8 Å². The van der Waals surface area contributed by atoms with Gasteiger partial charge in [0.25, 0.3) is 0 Å². The van der Waals surface area contributed by atoms with Crippen LogP contribution in [-0.4, -0.2) is 59.1 Å². The Morgan fingerprint density at radius 2 is 1.77 bits per heavy atom. The van der Waals surface area contributed by atoms with Gasteiger partial charge in [-0.2, -0.15) is 0 Å². The van der Waals surface area contributed by atoms with E-state index in [1.54, 1.807) is 30.1 Å². The van der Waals surface area contributed by atoms with E-state index in [0.29, 0.717) is 12.5 Å². The first-order valence-electron chi connectivity index (χ1n) is 11.7. The van der Waals surface area contributed by atoms with Crippen LogP contribution in [0.3, 0.4) is 0 Å². The maximum Gasteiger partial charge on any atom is 0.407 e. The molecule has 35 heavy (non-hydrogen) atoms. The summed E-state index contributed by atoms with van der Waals surface area (Å²) in [4.78, 5) is 47.7. The maximum atomic E-state index is 12.6.